The van der Waals surface area contributed by atoms with Crippen molar-refractivity contribution in [3.8, 4) is 0 Å². The number of ether oxygens (including phenoxy) is 1. The van der Waals surface area contributed by atoms with E-state index in [0.29, 0.717) is 19.3 Å². The van der Waals surface area contributed by atoms with Gasteiger partial charge in [-0.1, -0.05) is 12.8 Å². The number of hydrogen-bond donors (Lipinski definition) is 2. The third-order valence-corrected chi connectivity index (χ3v) is 3.67. The lowest BCUT2D eigenvalue weighted by Crippen LogP contribution is -2.42. The summed E-state index contributed by atoms with van der Waals surface area (Å²) in [7, 11) is 0. The van der Waals surface area contributed by atoms with Crippen molar-refractivity contribution in [1.29, 1.82) is 0 Å². The van der Waals surface area contributed by atoms with Gasteiger partial charge in [0.05, 0.1) is 18.8 Å². The summed E-state index contributed by atoms with van der Waals surface area (Å²) in [6.07, 6.45) is 8.04. The van der Waals surface area contributed by atoms with E-state index in [9.17, 15) is 4.79 Å². The van der Waals surface area contributed by atoms with Crippen LogP contribution in [0, 0.1) is 0 Å². The minimum atomic E-state index is -0.381. The van der Waals surface area contributed by atoms with Gasteiger partial charge in [0.25, 0.3) is 0 Å². The first-order valence-electron chi connectivity index (χ1n) is 6.38. The summed E-state index contributed by atoms with van der Waals surface area (Å²) >= 11 is 1.71. The van der Waals surface area contributed by atoms with Crippen LogP contribution in [0.15, 0.2) is 0 Å². The first kappa shape index (κ1) is 14.8. The minimum absolute atomic E-state index is 0.0610. The smallest absolute Gasteiger partial charge is 0.237 e. The standard InChI is InChI=1S/C12H24N2O2S/c1-17-9-6-11(13)12(15)14-7-8-16-10-4-2-3-5-10/h10-11H,2-9,13H2,1H3,(H,14,15)/t11-/m0/s1. The first-order chi connectivity index (χ1) is 8.24. The van der Waals surface area contributed by atoms with E-state index in [1.807, 2.05) is 6.26 Å². The molecule has 1 rings (SSSR count). The maximum Gasteiger partial charge on any atom is 0.237 e. The Bertz CT molecular complexity index is 221. The van der Waals surface area contributed by atoms with Crippen LogP contribution in [0.1, 0.15) is 32.1 Å². The van der Waals surface area contributed by atoms with Gasteiger partial charge in [-0.25, -0.2) is 0 Å². The fraction of sp³-hybridized carbons (Fsp3) is 0.917. The number of carbonyl (C=O) groups is 1. The van der Waals surface area contributed by atoms with E-state index in [-0.39, 0.29) is 11.9 Å². The molecule has 0 bridgehead atoms. The molecule has 1 aliphatic carbocycles. The monoisotopic (exact) mass is 260 g/mol. The maximum atomic E-state index is 11.5. The van der Waals surface area contributed by atoms with E-state index >= 15 is 0 Å². The van der Waals surface area contributed by atoms with Crippen LogP contribution in [0.3, 0.4) is 0 Å². The third-order valence-electron chi connectivity index (χ3n) is 3.03. The molecule has 100 valence electrons. The molecule has 1 aliphatic rings. The van der Waals surface area contributed by atoms with Gasteiger partial charge in [-0.05, 0) is 31.3 Å². The highest BCUT2D eigenvalue weighted by Crippen LogP contribution is 2.20. The second-order valence-electron chi connectivity index (χ2n) is 4.46. The summed E-state index contributed by atoms with van der Waals surface area (Å²) in [5, 5.41) is 2.82. The van der Waals surface area contributed by atoms with Gasteiger partial charge < -0.3 is 15.8 Å². The Labute approximate surface area is 108 Å². The van der Waals surface area contributed by atoms with Crippen molar-refractivity contribution < 1.29 is 9.53 Å². The van der Waals surface area contributed by atoms with Gasteiger partial charge in [-0.15, -0.1) is 0 Å². The Hall–Kier alpha value is -0.260. The highest BCUT2D eigenvalue weighted by atomic mass is 32.2. The fourth-order valence-electron chi connectivity index (χ4n) is 1.96. The molecule has 0 saturated heterocycles. The lowest BCUT2D eigenvalue weighted by Gasteiger charge is -2.14. The molecule has 0 unspecified atom stereocenters. The van der Waals surface area contributed by atoms with E-state index in [2.05, 4.69) is 5.32 Å². The molecule has 0 aromatic heterocycles. The summed E-state index contributed by atoms with van der Waals surface area (Å²) in [6, 6.07) is -0.381. The first-order valence-corrected chi connectivity index (χ1v) is 7.77. The zero-order valence-electron chi connectivity index (χ0n) is 10.6. The summed E-state index contributed by atoms with van der Waals surface area (Å²) in [4.78, 5) is 11.5. The van der Waals surface area contributed by atoms with E-state index in [1.165, 1.54) is 25.7 Å². The van der Waals surface area contributed by atoms with Gasteiger partial charge >= 0.3 is 0 Å². The summed E-state index contributed by atoms with van der Waals surface area (Å²) in [5.74, 6) is 0.863. The quantitative estimate of drug-likeness (QED) is 0.642. The normalized spacial score (nSPS) is 18.2. The number of rotatable bonds is 8. The van der Waals surface area contributed by atoms with E-state index in [4.69, 9.17) is 10.5 Å². The van der Waals surface area contributed by atoms with Gasteiger partial charge in [-0.2, -0.15) is 11.8 Å². The molecule has 0 aromatic rings. The molecule has 0 aliphatic heterocycles. The second-order valence-corrected chi connectivity index (χ2v) is 5.44. The number of nitrogens with two attached hydrogens (primary N) is 1. The molecular weight excluding hydrogens is 236 g/mol. The molecule has 5 heteroatoms. The van der Waals surface area contributed by atoms with E-state index < -0.39 is 0 Å². The molecule has 0 spiro atoms. The lowest BCUT2D eigenvalue weighted by molar-refractivity contribution is -0.122. The van der Waals surface area contributed by atoms with Crippen molar-refractivity contribution in [3.63, 3.8) is 0 Å². The van der Waals surface area contributed by atoms with Gasteiger partial charge in [0.1, 0.15) is 0 Å². The minimum Gasteiger partial charge on any atom is -0.376 e. The molecule has 0 aromatic carbocycles. The molecule has 17 heavy (non-hydrogen) atoms. The van der Waals surface area contributed by atoms with Crippen LogP contribution in [0.4, 0.5) is 0 Å². The van der Waals surface area contributed by atoms with Crippen molar-refractivity contribution in [2.75, 3.05) is 25.2 Å². The zero-order valence-corrected chi connectivity index (χ0v) is 11.4. The molecule has 4 nitrogen and oxygen atoms in total. The SMILES string of the molecule is CSCC[C@H](N)C(=O)NCCOC1CCCC1. The summed E-state index contributed by atoms with van der Waals surface area (Å²) < 4.78 is 5.65. The number of carbonyl (C=O) groups excluding carboxylic acids is 1. The Morgan fingerprint density at radius 2 is 2.24 bits per heavy atom. The van der Waals surface area contributed by atoms with Gasteiger partial charge in [-0.3, -0.25) is 4.79 Å². The Balaban J connectivity index is 1.98. The van der Waals surface area contributed by atoms with Crippen molar-refractivity contribution in [3.05, 3.63) is 0 Å². The Morgan fingerprint density at radius 1 is 1.53 bits per heavy atom. The molecule has 1 amide bonds. The molecule has 0 radical (unpaired) electrons. The third kappa shape index (κ3) is 6.29. The van der Waals surface area contributed by atoms with Gasteiger partial charge in [0.15, 0.2) is 0 Å². The fourth-order valence-corrected chi connectivity index (χ4v) is 2.45. The number of thioether (sulfide) groups is 1. The van der Waals surface area contributed by atoms with Crippen LogP contribution >= 0.6 is 11.8 Å². The Kier molecular flexibility index (Phi) is 7.64. The number of nitrogens with one attached hydrogen (secondary N) is 1. The van der Waals surface area contributed by atoms with Gasteiger partial charge in [0, 0.05) is 6.54 Å². The number of hydrogen-bond acceptors (Lipinski definition) is 4. The Morgan fingerprint density at radius 3 is 2.88 bits per heavy atom. The molecule has 1 fully saturated rings. The number of amides is 1. The van der Waals surface area contributed by atoms with E-state index in [0.717, 1.165) is 12.2 Å². The predicted molar refractivity (Wildman–Crippen MR) is 72.2 cm³/mol. The zero-order chi connectivity index (χ0) is 12.5. The van der Waals surface area contributed by atoms with Crippen LogP contribution in [-0.4, -0.2) is 43.2 Å². The van der Waals surface area contributed by atoms with Crippen LogP contribution in [0.5, 0.6) is 0 Å². The topological polar surface area (TPSA) is 64.4 Å². The lowest BCUT2D eigenvalue weighted by atomic mass is 10.2. The second kappa shape index (κ2) is 8.78. The molecular formula is C12H24N2O2S. The van der Waals surface area contributed by atoms with Gasteiger partial charge in [0.2, 0.25) is 5.91 Å². The average molecular weight is 260 g/mol. The molecule has 3 N–H and O–H groups in total. The summed E-state index contributed by atoms with van der Waals surface area (Å²) in [5.41, 5.74) is 5.74. The highest BCUT2D eigenvalue weighted by Gasteiger charge is 2.15. The van der Waals surface area contributed by atoms with Crippen LogP contribution in [-0.2, 0) is 9.53 Å². The van der Waals surface area contributed by atoms with Crippen LogP contribution in [0.2, 0.25) is 0 Å². The molecule has 0 heterocycles. The van der Waals surface area contributed by atoms with E-state index in [1.54, 1.807) is 11.8 Å². The maximum absolute atomic E-state index is 11.5. The highest BCUT2D eigenvalue weighted by molar-refractivity contribution is 7.98. The van der Waals surface area contributed by atoms with Crippen molar-refractivity contribution in [2.45, 2.75) is 44.2 Å². The van der Waals surface area contributed by atoms with Crippen molar-refractivity contribution in [2.24, 2.45) is 5.73 Å². The predicted octanol–water partition coefficient (Wildman–Crippen LogP) is 1.14. The largest absolute Gasteiger partial charge is 0.376 e. The van der Waals surface area contributed by atoms with Crippen molar-refractivity contribution in [1.82, 2.24) is 5.32 Å². The van der Waals surface area contributed by atoms with Crippen LogP contribution in [0.25, 0.3) is 0 Å². The summed E-state index contributed by atoms with van der Waals surface area (Å²) in [6.45, 7) is 1.17. The van der Waals surface area contributed by atoms with Crippen LogP contribution < -0.4 is 11.1 Å². The molecule has 1 saturated carbocycles. The van der Waals surface area contributed by atoms with Crippen molar-refractivity contribution >= 4 is 17.7 Å². The average Bonchev–Trinajstić information content (AvgIpc) is 2.84. The molecule has 1 atom stereocenters.